The maximum absolute atomic E-state index is 11.2. The molecule has 5 aromatic rings. The molecule has 5 aliphatic rings. The highest BCUT2D eigenvalue weighted by atomic mass is 16.5. The number of hydrogen-bond acceptors (Lipinski definition) is 4. The Hall–Kier alpha value is -4.06. The molecule has 10 rings (SSSR count). The molecule has 2 bridgehead atoms. The molecule has 5 nitrogen and oxygen atoms in total. The second kappa shape index (κ2) is 8.99. The van der Waals surface area contributed by atoms with Gasteiger partial charge in [-0.25, -0.2) is 0 Å². The summed E-state index contributed by atoms with van der Waals surface area (Å²) in [6.45, 7) is 2.68. The highest BCUT2D eigenvalue weighted by molar-refractivity contribution is 5.86. The first-order chi connectivity index (χ1) is 21.7. The fourth-order valence-corrected chi connectivity index (χ4v) is 9.57. The molecule has 4 aromatic carbocycles. The van der Waals surface area contributed by atoms with Gasteiger partial charge < -0.3 is 19.6 Å². The lowest BCUT2D eigenvalue weighted by Crippen LogP contribution is -2.75. The van der Waals surface area contributed by atoms with Gasteiger partial charge in [-0.3, -0.25) is 4.90 Å². The van der Waals surface area contributed by atoms with Gasteiger partial charge in [-0.2, -0.15) is 0 Å². The number of phenolic OH excluding ortho intramolecular Hbond substituents is 1. The molecule has 5 heteroatoms. The molecule has 1 saturated heterocycles. The van der Waals surface area contributed by atoms with E-state index >= 15 is 0 Å². The van der Waals surface area contributed by atoms with Crippen molar-refractivity contribution in [3.63, 3.8) is 0 Å². The van der Waals surface area contributed by atoms with Crippen molar-refractivity contribution >= 4 is 10.9 Å². The molecule has 3 aliphatic carbocycles. The van der Waals surface area contributed by atoms with Crippen molar-refractivity contribution in [2.45, 2.75) is 61.9 Å². The largest absolute Gasteiger partial charge is 0.504 e. The van der Waals surface area contributed by atoms with Gasteiger partial charge in [0.25, 0.3) is 0 Å². The van der Waals surface area contributed by atoms with E-state index in [1.807, 2.05) is 6.07 Å². The van der Waals surface area contributed by atoms with E-state index in [9.17, 15) is 5.11 Å². The number of fused-ring (bicyclic) bond motifs is 4. The van der Waals surface area contributed by atoms with Crippen LogP contribution in [0.15, 0.2) is 91.0 Å². The Kier molecular flexibility index (Phi) is 5.17. The minimum absolute atomic E-state index is 0.219. The van der Waals surface area contributed by atoms with E-state index in [1.54, 1.807) is 0 Å². The molecule has 1 spiro atoms. The minimum Gasteiger partial charge on any atom is -0.504 e. The van der Waals surface area contributed by atoms with Crippen molar-refractivity contribution in [3.05, 3.63) is 119 Å². The first-order valence-corrected chi connectivity index (χ1v) is 16.3. The number of rotatable bonds is 6. The van der Waals surface area contributed by atoms with Crippen LogP contribution in [0.1, 0.15) is 53.3 Å². The second-order valence-electron chi connectivity index (χ2n) is 13.8. The van der Waals surface area contributed by atoms with Crippen LogP contribution in [0.2, 0.25) is 0 Å². The highest BCUT2D eigenvalue weighted by Crippen LogP contribution is 2.70. The normalized spacial score (nSPS) is 28.0. The number of ether oxygens (including phenoxy) is 2. The Morgan fingerprint density at radius 1 is 0.932 bits per heavy atom. The monoisotopic (exact) mass is 580 g/mol. The van der Waals surface area contributed by atoms with Crippen molar-refractivity contribution in [2.75, 3.05) is 13.1 Å². The van der Waals surface area contributed by atoms with Crippen LogP contribution in [0, 0.1) is 5.92 Å². The number of aromatic amines is 1. The van der Waals surface area contributed by atoms with Crippen molar-refractivity contribution in [1.29, 1.82) is 0 Å². The molecule has 0 radical (unpaired) electrons. The van der Waals surface area contributed by atoms with Crippen molar-refractivity contribution < 1.29 is 14.6 Å². The summed E-state index contributed by atoms with van der Waals surface area (Å²) in [5, 5.41) is 12.5. The highest BCUT2D eigenvalue weighted by Gasteiger charge is 2.74. The van der Waals surface area contributed by atoms with E-state index in [0.29, 0.717) is 12.4 Å². The number of benzene rings is 4. The maximum atomic E-state index is 11.2. The number of phenols is 1. The van der Waals surface area contributed by atoms with Crippen molar-refractivity contribution in [1.82, 2.24) is 9.88 Å². The molecule has 1 saturated carbocycles. The van der Waals surface area contributed by atoms with Crippen LogP contribution < -0.4 is 4.74 Å². The lowest BCUT2D eigenvalue weighted by atomic mass is 9.48. The quantitative estimate of drug-likeness (QED) is 0.219. The number of nitrogens with zero attached hydrogens (tertiary/aromatic N) is 1. The molecule has 2 N–H and O–H groups in total. The van der Waals surface area contributed by atoms with Gasteiger partial charge in [0, 0.05) is 35.5 Å². The summed E-state index contributed by atoms with van der Waals surface area (Å²) in [4.78, 5) is 6.58. The SMILES string of the molecule is Oc1ccc2c3c1O[C@H]1c4[nH]c5ccccc5c4C[C@@]4(OCc5ccccc5-c5ccccc5)[C@@H](C2)N(CC2CC2)CC[C@]314. The third-order valence-electron chi connectivity index (χ3n) is 11.6. The fourth-order valence-electron chi connectivity index (χ4n) is 9.57. The van der Waals surface area contributed by atoms with Crippen molar-refractivity contribution in [3.8, 4) is 22.6 Å². The Morgan fingerprint density at radius 2 is 1.75 bits per heavy atom. The van der Waals surface area contributed by atoms with Gasteiger partial charge in [-0.05, 0) is 78.1 Å². The zero-order valence-electron chi connectivity index (χ0n) is 24.8. The number of para-hydroxylation sites is 1. The number of aromatic nitrogens is 1. The fraction of sp³-hybridized carbons (Fsp3) is 0.333. The first-order valence-electron chi connectivity index (χ1n) is 16.3. The maximum Gasteiger partial charge on any atom is 0.166 e. The zero-order valence-corrected chi connectivity index (χ0v) is 24.8. The molecule has 44 heavy (non-hydrogen) atoms. The summed E-state index contributed by atoms with van der Waals surface area (Å²) < 4.78 is 14.7. The van der Waals surface area contributed by atoms with Gasteiger partial charge in [0.05, 0.1) is 17.7 Å². The van der Waals surface area contributed by atoms with Crippen LogP contribution in [0.4, 0.5) is 0 Å². The van der Waals surface area contributed by atoms with E-state index in [2.05, 4.69) is 94.8 Å². The molecule has 220 valence electrons. The molecule has 0 unspecified atom stereocenters. The average Bonchev–Trinajstić information content (AvgIpc) is 3.70. The Bertz CT molecular complexity index is 1940. The van der Waals surface area contributed by atoms with Crippen LogP contribution in [-0.4, -0.2) is 39.7 Å². The zero-order chi connectivity index (χ0) is 29.0. The van der Waals surface area contributed by atoms with Crippen LogP contribution in [0.3, 0.4) is 0 Å². The summed E-state index contributed by atoms with van der Waals surface area (Å²) >= 11 is 0. The molecular weight excluding hydrogens is 544 g/mol. The molecule has 3 heterocycles. The van der Waals surface area contributed by atoms with E-state index < -0.39 is 11.0 Å². The number of nitrogens with one attached hydrogen (secondary N) is 1. The number of likely N-dealkylation sites (tertiary alicyclic amines) is 1. The molecule has 0 amide bonds. The van der Waals surface area contributed by atoms with Crippen LogP contribution in [0.5, 0.6) is 11.5 Å². The molecular formula is C39H36N2O3. The predicted octanol–water partition coefficient (Wildman–Crippen LogP) is 7.46. The summed E-state index contributed by atoms with van der Waals surface area (Å²) in [5.74, 6) is 1.71. The minimum atomic E-state index is -0.515. The van der Waals surface area contributed by atoms with E-state index in [-0.39, 0.29) is 17.9 Å². The summed E-state index contributed by atoms with van der Waals surface area (Å²) in [6.07, 6.45) is 5.10. The molecule has 4 atom stereocenters. The van der Waals surface area contributed by atoms with E-state index in [0.717, 1.165) is 49.5 Å². The lowest BCUT2D eigenvalue weighted by molar-refractivity contribution is -0.210. The number of H-pyrrole nitrogens is 1. The van der Waals surface area contributed by atoms with Crippen LogP contribution in [0.25, 0.3) is 22.0 Å². The summed E-state index contributed by atoms with van der Waals surface area (Å²) in [6, 6.07) is 32.3. The molecule has 1 aromatic heterocycles. The van der Waals surface area contributed by atoms with Gasteiger partial charge in [0.1, 0.15) is 5.60 Å². The average molecular weight is 581 g/mol. The first kappa shape index (κ1) is 25.3. The van der Waals surface area contributed by atoms with Gasteiger partial charge >= 0.3 is 0 Å². The van der Waals surface area contributed by atoms with Gasteiger partial charge in [-0.1, -0.05) is 78.9 Å². The number of aromatic hydroxyl groups is 1. The van der Waals surface area contributed by atoms with E-state index in [4.69, 9.17) is 9.47 Å². The lowest BCUT2D eigenvalue weighted by Gasteiger charge is -2.64. The van der Waals surface area contributed by atoms with Crippen LogP contribution in [-0.2, 0) is 29.6 Å². The van der Waals surface area contributed by atoms with Gasteiger partial charge in [0.15, 0.2) is 17.6 Å². The standard InChI is InChI=1S/C39H36N2O3/c42-32-17-16-26-20-33-39(43-23-27-10-4-5-11-28(27)25-8-2-1-3-9-25)21-30-29-12-6-7-13-31(29)40-35(30)37-38(39,34(26)36(32)44-37)18-19-41(33)22-24-14-15-24/h1-13,16-17,24,33,37,40,42H,14-15,18-23H2/t33-,37+,38+,39-/m1/s1. The second-order valence-corrected chi connectivity index (χ2v) is 13.8. The summed E-state index contributed by atoms with van der Waals surface area (Å²) in [7, 11) is 0. The summed E-state index contributed by atoms with van der Waals surface area (Å²) in [5.41, 5.74) is 8.86. The predicted molar refractivity (Wildman–Crippen MR) is 171 cm³/mol. The molecule has 2 aliphatic heterocycles. The van der Waals surface area contributed by atoms with Crippen LogP contribution >= 0.6 is 0 Å². The van der Waals surface area contributed by atoms with Gasteiger partial charge in [-0.15, -0.1) is 0 Å². The molecule has 2 fully saturated rings. The topological polar surface area (TPSA) is 57.7 Å². The Labute approximate surface area is 257 Å². The van der Waals surface area contributed by atoms with Crippen molar-refractivity contribution in [2.24, 2.45) is 5.92 Å². The number of hydrogen-bond donors (Lipinski definition) is 2. The smallest absolute Gasteiger partial charge is 0.166 e. The van der Waals surface area contributed by atoms with E-state index in [1.165, 1.54) is 51.6 Å². The Morgan fingerprint density at radius 3 is 2.64 bits per heavy atom. The number of piperidine rings is 1. The van der Waals surface area contributed by atoms with Gasteiger partial charge in [0.2, 0.25) is 0 Å². The Balaban J connectivity index is 1.19. The third-order valence-corrected chi connectivity index (χ3v) is 11.6. The third kappa shape index (κ3) is 3.26.